The highest BCUT2D eigenvalue weighted by Crippen LogP contribution is 2.29. The van der Waals surface area contributed by atoms with Crippen LogP contribution in [0.15, 0.2) is 28.8 Å². The summed E-state index contributed by atoms with van der Waals surface area (Å²) < 4.78 is 10.0. The maximum absolute atomic E-state index is 12.2. The maximum Gasteiger partial charge on any atom is 0.305 e. The third-order valence-corrected chi connectivity index (χ3v) is 4.99. The number of aromatic nitrogens is 2. The summed E-state index contributed by atoms with van der Waals surface area (Å²) in [5.41, 5.74) is 0.854. The molecule has 144 valence electrons. The topological polar surface area (TPSA) is 85.5 Å². The first-order valence-electron chi connectivity index (χ1n) is 9.01. The largest absolute Gasteiger partial charge is 0.469 e. The molecule has 3 rings (SSSR count). The van der Waals surface area contributed by atoms with Crippen molar-refractivity contribution in [1.82, 2.24) is 15.0 Å². The predicted octanol–water partition coefficient (Wildman–Crippen LogP) is 3.44. The SMILES string of the molecule is COC(=O)CCCC(=O)N1CCC(c2nc(-c3ccc(Cl)cc3)no2)CC1. The van der Waals surface area contributed by atoms with Crippen LogP contribution in [0.25, 0.3) is 11.4 Å². The van der Waals surface area contributed by atoms with Crippen LogP contribution < -0.4 is 0 Å². The van der Waals surface area contributed by atoms with Crippen molar-refractivity contribution in [3.8, 4) is 11.4 Å². The van der Waals surface area contributed by atoms with Crippen LogP contribution in [0.2, 0.25) is 5.02 Å². The van der Waals surface area contributed by atoms with Gasteiger partial charge >= 0.3 is 5.97 Å². The Balaban J connectivity index is 1.50. The molecule has 0 atom stereocenters. The summed E-state index contributed by atoms with van der Waals surface area (Å²) >= 11 is 5.90. The Kier molecular flexibility index (Phi) is 6.45. The van der Waals surface area contributed by atoms with Gasteiger partial charge in [0.25, 0.3) is 0 Å². The maximum atomic E-state index is 12.2. The molecule has 0 N–H and O–H groups in total. The molecule has 1 amide bonds. The van der Waals surface area contributed by atoms with E-state index in [1.165, 1.54) is 7.11 Å². The summed E-state index contributed by atoms with van der Waals surface area (Å²) in [4.78, 5) is 29.7. The van der Waals surface area contributed by atoms with Crippen LogP contribution in [-0.4, -0.2) is 47.1 Å². The zero-order valence-electron chi connectivity index (χ0n) is 15.2. The van der Waals surface area contributed by atoms with E-state index >= 15 is 0 Å². The van der Waals surface area contributed by atoms with Gasteiger partial charge < -0.3 is 14.2 Å². The summed E-state index contributed by atoms with van der Waals surface area (Å²) in [5, 5.41) is 4.72. The van der Waals surface area contributed by atoms with E-state index < -0.39 is 0 Å². The Bertz CT molecular complexity index is 783. The minimum atomic E-state index is -0.283. The highest BCUT2D eigenvalue weighted by Gasteiger charge is 2.27. The molecular formula is C19H22ClN3O4. The lowest BCUT2D eigenvalue weighted by Crippen LogP contribution is -2.37. The van der Waals surface area contributed by atoms with Crippen LogP contribution in [0.4, 0.5) is 0 Å². The third-order valence-electron chi connectivity index (χ3n) is 4.74. The molecule has 0 unspecified atom stereocenters. The first-order chi connectivity index (χ1) is 13.1. The molecular weight excluding hydrogens is 370 g/mol. The minimum Gasteiger partial charge on any atom is -0.469 e. The van der Waals surface area contributed by atoms with Crippen molar-refractivity contribution in [3.63, 3.8) is 0 Å². The molecule has 1 fully saturated rings. The number of amides is 1. The molecule has 0 spiro atoms. The number of benzene rings is 1. The van der Waals surface area contributed by atoms with Crippen LogP contribution in [-0.2, 0) is 14.3 Å². The van der Waals surface area contributed by atoms with Gasteiger partial charge in [0.15, 0.2) is 0 Å². The molecule has 2 aromatic rings. The van der Waals surface area contributed by atoms with Crippen molar-refractivity contribution >= 4 is 23.5 Å². The number of likely N-dealkylation sites (tertiary alicyclic amines) is 1. The van der Waals surface area contributed by atoms with E-state index in [9.17, 15) is 9.59 Å². The lowest BCUT2D eigenvalue weighted by atomic mass is 9.96. The van der Waals surface area contributed by atoms with Gasteiger partial charge in [-0.1, -0.05) is 16.8 Å². The van der Waals surface area contributed by atoms with Crippen molar-refractivity contribution in [1.29, 1.82) is 0 Å². The van der Waals surface area contributed by atoms with Crippen molar-refractivity contribution in [2.75, 3.05) is 20.2 Å². The lowest BCUT2D eigenvalue weighted by molar-refractivity contribution is -0.141. The molecule has 0 radical (unpaired) electrons. The number of carbonyl (C=O) groups is 2. The molecule has 1 aliphatic rings. The standard InChI is InChI=1S/C19H22ClN3O4/c1-26-17(25)4-2-3-16(24)23-11-9-14(10-12-23)19-21-18(22-27-19)13-5-7-15(20)8-6-13/h5-8,14H,2-4,9-12H2,1H3. The first-order valence-corrected chi connectivity index (χ1v) is 9.38. The lowest BCUT2D eigenvalue weighted by Gasteiger charge is -2.30. The van der Waals surface area contributed by atoms with Gasteiger partial charge in [-0.15, -0.1) is 0 Å². The normalized spacial score (nSPS) is 15.0. The number of hydrogen-bond acceptors (Lipinski definition) is 6. The Morgan fingerprint density at radius 1 is 1.22 bits per heavy atom. The summed E-state index contributed by atoms with van der Waals surface area (Å²) in [6.45, 7) is 1.31. The van der Waals surface area contributed by atoms with Crippen LogP contribution >= 0.6 is 11.6 Å². The van der Waals surface area contributed by atoms with Gasteiger partial charge in [0.05, 0.1) is 7.11 Å². The second kappa shape index (κ2) is 8.99. The Hall–Kier alpha value is -2.41. The molecule has 0 aliphatic carbocycles. The van der Waals surface area contributed by atoms with E-state index in [2.05, 4.69) is 14.9 Å². The number of esters is 1. The van der Waals surface area contributed by atoms with E-state index in [4.69, 9.17) is 16.1 Å². The van der Waals surface area contributed by atoms with E-state index in [0.29, 0.717) is 42.7 Å². The fourth-order valence-corrected chi connectivity index (χ4v) is 3.26. The molecule has 1 aromatic carbocycles. The van der Waals surface area contributed by atoms with Gasteiger partial charge in [-0.3, -0.25) is 9.59 Å². The summed E-state index contributed by atoms with van der Waals surface area (Å²) in [5.74, 6) is 1.09. The molecule has 27 heavy (non-hydrogen) atoms. The highest BCUT2D eigenvalue weighted by molar-refractivity contribution is 6.30. The minimum absolute atomic E-state index is 0.0738. The number of carbonyl (C=O) groups excluding carboxylic acids is 2. The highest BCUT2D eigenvalue weighted by atomic mass is 35.5. The molecule has 1 aromatic heterocycles. The van der Waals surface area contributed by atoms with Crippen molar-refractivity contribution in [2.45, 2.75) is 38.0 Å². The number of hydrogen-bond donors (Lipinski definition) is 0. The fraction of sp³-hybridized carbons (Fsp3) is 0.474. The van der Waals surface area contributed by atoms with E-state index in [0.717, 1.165) is 18.4 Å². The Morgan fingerprint density at radius 3 is 2.59 bits per heavy atom. The Morgan fingerprint density at radius 2 is 1.93 bits per heavy atom. The molecule has 7 nitrogen and oxygen atoms in total. The molecule has 1 aliphatic heterocycles. The van der Waals surface area contributed by atoms with E-state index in [-0.39, 0.29) is 24.2 Å². The molecule has 2 heterocycles. The van der Waals surface area contributed by atoms with Crippen molar-refractivity contribution in [2.24, 2.45) is 0 Å². The van der Waals surface area contributed by atoms with Gasteiger partial charge in [-0.05, 0) is 43.5 Å². The predicted molar refractivity (Wildman–Crippen MR) is 99.2 cm³/mol. The number of rotatable bonds is 6. The second-order valence-electron chi connectivity index (χ2n) is 6.55. The van der Waals surface area contributed by atoms with Crippen molar-refractivity contribution in [3.05, 3.63) is 35.2 Å². The smallest absolute Gasteiger partial charge is 0.305 e. The fourth-order valence-electron chi connectivity index (χ4n) is 3.14. The van der Waals surface area contributed by atoms with Gasteiger partial charge in [0, 0.05) is 42.4 Å². The summed E-state index contributed by atoms with van der Waals surface area (Å²) in [6, 6.07) is 7.29. The number of methoxy groups -OCH3 is 1. The molecule has 0 bridgehead atoms. The number of halogens is 1. The van der Waals surface area contributed by atoms with Gasteiger partial charge in [-0.25, -0.2) is 0 Å². The van der Waals surface area contributed by atoms with Crippen molar-refractivity contribution < 1.29 is 18.8 Å². The monoisotopic (exact) mass is 391 g/mol. The first kappa shape index (κ1) is 19.4. The van der Waals surface area contributed by atoms with Crippen LogP contribution in [0, 0.1) is 0 Å². The van der Waals surface area contributed by atoms with Crippen LogP contribution in [0.3, 0.4) is 0 Å². The number of nitrogens with zero attached hydrogens (tertiary/aromatic N) is 3. The van der Waals surface area contributed by atoms with Crippen LogP contribution in [0.1, 0.15) is 43.9 Å². The molecule has 0 saturated carbocycles. The van der Waals surface area contributed by atoms with Crippen LogP contribution in [0.5, 0.6) is 0 Å². The van der Waals surface area contributed by atoms with E-state index in [1.807, 2.05) is 17.0 Å². The quantitative estimate of drug-likeness (QED) is 0.701. The average Bonchev–Trinajstić information content (AvgIpc) is 3.18. The zero-order valence-corrected chi connectivity index (χ0v) is 15.9. The van der Waals surface area contributed by atoms with Gasteiger partial charge in [0.1, 0.15) is 0 Å². The molecule has 8 heteroatoms. The zero-order chi connectivity index (χ0) is 19.2. The summed E-state index contributed by atoms with van der Waals surface area (Å²) in [7, 11) is 1.35. The Labute approximate surface area is 162 Å². The third kappa shape index (κ3) is 5.07. The summed E-state index contributed by atoms with van der Waals surface area (Å²) in [6.07, 6.45) is 2.71. The number of piperidine rings is 1. The van der Waals surface area contributed by atoms with E-state index in [1.54, 1.807) is 12.1 Å². The molecule has 1 saturated heterocycles. The second-order valence-corrected chi connectivity index (χ2v) is 6.98. The van der Waals surface area contributed by atoms with Gasteiger partial charge in [-0.2, -0.15) is 4.98 Å². The van der Waals surface area contributed by atoms with Gasteiger partial charge in [0.2, 0.25) is 17.6 Å². The average molecular weight is 392 g/mol. The number of ether oxygens (including phenoxy) is 1.